The van der Waals surface area contributed by atoms with Crippen molar-refractivity contribution in [3.05, 3.63) is 159 Å². The first-order valence-electron chi connectivity index (χ1n) is 16.2. The van der Waals surface area contributed by atoms with E-state index in [0.29, 0.717) is 4.88 Å². The summed E-state index contributed by atoms with van der Waals surface area (Å²) in [6.45, 7) is 11.9. The first-order chi connectivity index (χ1) is 25.2. The Morgan fingerprint density at radius 3 is 1.90 bits per heavy atom. The monoisotopic (exact) mass is 715 g/mol. The summed E-state index contributed by atoms with van der Waals surface area (Å²) in [7, 11) is 0. The van der Waals surface area contributed by atoms with Crippen molar-refractivity contribution in [2.24, 2.45) is 0 Å². The molecule has 0 aliphatic heterocycles. The summed E-state index contributed by atoms with van der Waals surface area (Å²) in [4.78, 5) is 30.9. The van der Waals surface area contributed by atoms with Crippen LogP contribution >= 0.6 is 22.7 Å². The van der Waals surface area contributed by atoms with E-state index >= 15 is 0 Å². The number of hydrogen-bond acceptors (Lipinski definition) is 7. The van der Waals surface area contributed by atoms with Crippen LogP contribution in [0.15, 0.2) is 127 Å². The van der Waals surface area contributed by atoms with Crippen molar-refractivity contribution in [1.29, 1.82) is 5.26 Å². The zero-order valence-corrected chi connectivity index (χ0v) is 29.7. The molecular formula is C43H29N3O4S2. The molecule has 9 heteroatoms. The number of carboxylic acid groups (broad SMARTS) is 1. The average Bonchev–Trinajstić information content (AvgIpc) is 3.89. The minimum atomic E-state index is -1.24. The molecule has 52 heavy (non-hydrogen) atoms. The molecule has 0 bridgehead atoms. The minimum absolute atomic E-state index is 0.0650. The Morgan fingerprint density at radius 1 is 0.788 bits per heavy atom. The van der Waals surface area contributed by atoms with Gasteiger partial charge in [0, 0.05) is 48.1 Å². The van der Waals surface area contributed by atoms with Crippen LogP contribution in [-0.4, -0.2) is 17.5 Å². The lowest BCUT2D eigenvalue weighted by Gasteiger charge is -2.28. The molecule has 0 atom stereocenters. The maximum absolute atomic E-state index is 11.4. The first-order valence-corrected chi connectivity index (χ1v) is 17.8. The maximum Gasteiger partial charge on any atom is 0.333 e. The summed E-state index contributed by atoms with van der Waals surface area (Å²) >= 11 is 2.93. The Labute approximate surface area is 309 Å². The highest BCUT2D eigenvalue weighted by molar-refractivity contribution is 7.16. The van der Waals surface area contributed by atoms with E-state index in [-0.39, 0.29) is 23.3 Å². The van der Waals surface area contributed by atoms with Gasteiger partial charge in [0.25, 0.3) is 12.2 Å². The van der Waals surface area contributed by atoms with Crippen molar-refractivity contribution >= 4 is 64.3 Å². The smallest absolute Gasteiger partial charge is 0.333 e. The van der Waals surface area contributed by atoms with E-state index in [1.54, 1.807) is 6.08 Å². The summed E-state index contributed by atoms with van der Waals surface area (Å²) in [5.74, 6) is -1.31. The van der Waals surface area contributed by atoms with Crippen LogP contribution in [-0.2, 0) is 19.7 Å². The third-order valence-corrected chi connectivity index (χ3v) is 11.2. The van der Waals surface area contributed by atoms with Gasteiger partial charge in [0.2, 0.25) is 5.76 Å². The number of nitriles is 1. The van der Waals surface area contributed by atoms with Crippen molar-refractivity contribution in [3.63, 3.8) is 0 Å². The number of anilines is 3. The summed E-state index contributed by atoms with van der Waals surface area (Å²) in [6, 6.07) is 41.4. The number of carboxylic acids is 1. The number of nitrogens with zero attached hydrogens (tertiary/aromatic N) is 3. The molecule has 2 aromatic heterocycles. The highest BCUT2D eigenvalue weighted by Crippen LogP contribution is 2.50. The molecule has 2 heterocycles. The zero-order valence-electron chi connectivity index (χ0n) is 28.0. The van der Waals surface area contributed by atoms with Crippen molar-refractivity contribution < 1.29 is 19.4 Å². The molecule has 252 valence electrons. The van der Waals surface area contributed by atoms with E-state index < -0.39 is 5.97 Å². The van der Waals surface area contributed by atoms with Crippen LogP contribution in [0.5, 0.6) is 0 Å². The fourth-order valence-corrected chi connectivity index (χ4v) is 8.45. The van der Waals surface area contributed by atoms with Gasteiger partial charge in [-0.15, -0.1) is 22.7 Å². The highest BCUT2D eigenvalue weighted by atomic mass is 32.1. The Balaban J connectivity index is 1.26. The Morgan fingerprint density at radius 2 is 1.35 bits per heavy atom. The molecule has 0 unspecified atom stereocenters. The standard InChI is InChI=1S/C43H29N3O4S2/c1-43(2)37-7-5-4-6-35(37)36-19-16-31(22-38(36)43)46(29-12-8-27(9-13-29)40-20-17-33(51-40)23-32(25-44)50-26-47)30-14-10-28(11-15-30)41-21-18-34(52-41)24-39(45-3)42(48)49/h4-24,26H,1-2H3,(H,48,49)/b32-23+,39-24-. The number of carbonyl (C=O) groups excluding carboxylic acids is 1. The number of allylic oxidation sites excluding steroid dienone is 1. The van der Waals surface area contributed by atoms with Gasteiger partial charge >= 0.3 is 5.97 Å². The van der Waals surface area contributed by atoms with Gasteiger partial charge in [-0.1, -0.05) is 68.4 Å². The number of aliphatic carboxylic acids is 1. The predicted octanol–water partition coefficient (Wildman–Crippen LogP) is 11.3. The Hall–Kier alpha value is -6.52. The van der Waals surface area contributed by atoms with Crippen LogP contribution in [0.4, 0.5) is 17.1 Å². The molecule has 6 aromatic rings. The topological polar surface area (TPSA) is 95.0 Å². The quantitative estimate of drug-likeness (QED) is 0.0499. The van der Waals surface area contributed by atoms with Gasteiger partial charge in [-0.05, 0) is 100 Å². The molecular weight excluding hydrogens is 687 g/mol. The number of thiophene rings is 2. The van der Waals surface area contributed by atoms with Crippen LogP contribution in [0.3, 0.4) is 0 Å². The SMILES string of the molecule is [C-]#[N+]/C(=C\c1ccc(-c2ccc(N(c3ccc(-c4ccc(/C=C(\C#N)OC=O)s4)cc3)c3ccc4c(c3)C(C)(C)c3ccccc3-4)cc2)s1)C(=O)O. The normalized spacial score (nSPS) is 13.0. The Bertz CT molecular complexity index is 2490. The van der Waals surface area contributed by atoms with Gasteiger partial charge in [0.1, 0.15) is 6.07 Å². The first kappa shape index (κ1) is 34.0. The number of benzene rings is 4. The second-order valence-corrected chi connectivity index (χ2v) is 14.7. The third kappa shape index (κ3) is 6.43. The summed E-state index contributed by atoms with van der Waals surface area (Å²) in [5, 5.41) is 18.5. The largest absolute Gasteiger partial charge is 0.486 e. The molecule has 1 aliphatic carbocycles. The van der Waals surface area contributed by atoms with Gasteiger partial charge in [-0.3, -0.25) is 9.59 Å². The Kier molecular flexibility index (Phi) is 9.15. The zero-order chi connectivity index (χ0) is 36.4. The van der Waals surface area contributed by atoms with E-state index in [1.165, 1.54) is 51.0 Å². The molecule has 0 radical (unpaired) electrons. The fourth-order valence-electron chi connectivity index (χ4n) is 6.55. The molecule has 7 nitrogen and oxygen atoms in total. The lowest BCUT2D eigenvalue weighted by atomic mass is 9.82. The number of carbonyl (C=O) groups is 2. The molecule has 1 N–H and O–H groups in total. The van der Waals surface area contributed by atoms with E-state index in [9.17, 15) is 20.0 Å². The van der Waals surface area contributed by atoms with Gasteiger partial charge in [0.05, 0.1) is 6.57 Å². The highest BCUT2D eigenvalue weighted by Gasteiger charge is 2.35. The number of ether oxygens (including phenoxy) is 1. The van der Waals surface area contributed by atoms with E-state index in [1.807, 2.05) is 30.3 Å². The second kappa shape index (κ2) is 14.0. The molecule has 0 spiro atoms. The summed E-state index contributed by atoms with van der Waals surface area (Å²) in [6.07, 6.45) is 2.95. The predicted molar refractivity (Wildman–Crippen MR) is 208 cm³/mol. The average molecular weight is 716 g/mol. The lowest BCUT2D eigenvalue weighted by molar-refractivity contribution is -0.132. The van der Waals surface area contributed by atoms with Crippen LogP contribution in [0, 0.1) is 17.9 Å². The van der Waals surface area contributed by atoms with Crippen molar-refractivity contribution in [2.75, 3.05) is 4.90 Å². The minimum Gasteiger partial charge on any atom is -0.486 e. The fraction of sp³-hybridized carbons (Fsp3) is 0.0698. The molecule has 0 saturated carbocycles. The molecule has 0 saturated heterocycles. The molecule has 4 aromatic carbocycles. The van der Waals surface area contributed by atoms with Crippen molar-refractivity contribution in [1.82, 2.24) is 0 Å². The van der Waals surface area contributed by atoms with Crippen molar-refractivity contribution in [2.45, 2.75) is 19.3 Å². The van der Waals surface area contributed by atoms with Gasteiger partial charge < -0.3 is 14.7 Å². The van der Waals surface area contributed by atoms with Crippen LogP contribution in [0.25, 0.3) is 49.0 Å². The molecule has 7 rings (SSSR count). The third-order valence-electron chi connectivity index (χ3n) is 9.08. The van der Waals surface area contributed by atoms with Crippen LogP contribution < -0.4 is 4.90 Å². The summed E-state index contributed by atoms with van der Waals surface area (Å²) < 4.78 is 4.74. The van der Waals surface area contributed by atoms with Crippen molar-refractivity contribution in [3.8, 4) is 38.1 Å². The van der Waals surface area contributed by atoms with Crippen LogP contribution in [0.2, 0.25) is 0 Å². The van der Waals surface area contributed by atoms with Gasteiger partial charge in [0.15, 0.2) is 0 Å². The number of fused-ring (bicyclic) bond motifs is 3. The molecule has 1 aliphatic rings. The van der Waals surface area contributed by atoms with Gasteiger partial charge in [-0.25, -0.2) is 4.85 Å². The number of hydrogen-bond donors (Lipinski definition) is 1. The van der Waals surface area contributed by atoms with Crippen LogP contribution in [0.1, 0.15) is 34.7 Å². The lowest BCUT2D eigenvalue weighted by Crippen LogP contribution is -2.16. The second-order valence-electron chi connectivity index (χ2n) is 12.5. The summed E-state index contributed by atoms with van der Waals surface area (Å²) in [5.41, 5.74) is 9.52. The molecule has 0 fully saturated rings. The van der Waals surface area contributed by atoms with E-state index in [2.05, 4.69) is 115 Å². The molecule has 0 amide bonds. The van der Waals surface area contributed by atoms with E-state index in [4.69, 9.17) is 11.3 Å². The number of rotatable bonds is 10. The maximum atomic E-state index is 11.4. The van der Waals surface area contributed by atoms with E-state index in [0.717, 1.165) is 42.8 Å². The van der Waals surface area contributed by atoms with Gasteiger partial charge in [-0.2, -0.15) is 5.26 Å².